The van der Waals surface area contributed by atoms with Gasteiger partial charge in [-0.05, 0) is 23.3 Å². The molecule has 0 atom stereocenters. The van der Waals surface area contributed by atoms with Crippen LogP contribution in [0.5, 0.6) is 11.5 Å². The van der Waals surface area contributed by atoms with E-state index in [1.807, 2.05) is 18.2 Å². The number of hydrogen-bond donors (Lipinski definition) is 2. The SMILES string of the molecule is CN=C(NCc1cccc(CN2CCOCC2)c1)NCc1ccc(OC)cc1OC.I. The van der Waals surface area contributed by atoms with E-state index >= 15 is 0 Å². The van der Waals surface area contributed by atoms with Crippen molar-refractivity contribution in [3.8, 4) is 11.5 Å². The van der Waals surface area contributed by atoms with Crippen LogP contribution in [0.2, 0.25) is 0 Å². The molecule has 2 N–H and O–H groups in total. The summed E-state index contributed by atoms with van der Waals surface area (Å²) in [5.41, 5.74) is 3.58. The molecule has 0 bridgehead atoms. The van der Waals surface area contributed by atoms with Crippen LogP contribution in [0.15, 0.2) is 47.5 Å². The Morgan fingerprint density at radius 2 is 1.74 bits per heavy atom. The number of benzene rings is 2. The van der Waals surface area contributed by atoms with E-state index in [0.29, 0.717) is 13.1 Å². The number of aliphatic imine (C=N–C) groups is 1. The summed E-state index contributed by atoms with van der Waals surface area (Å²) in [5, 5.41) is 6.73. The third kappa shape index (κ3) is 7.86. The topological polar surface area (TPSA) is 67.4 Å². The van der Waals surface area contributed by atoms with Crippen molar-refractivity contribution in [1.82, 2.24) is 15.5 Å². The zero-order valence-electron chi connectivity index (χ0n) is 18.5. The van der Waals surface area contributed by atoms with Crippen molar-refractivity contribution in [2.24, 2.45) is 4.99 Å². The maximum absolute atomic E-state index is 5.47. The van der Waals surface area contributed by atoms with Crippen LogP contribution in [0.4, 0.5) is 0 Å². The number of nitrogens with zero attached hydrogens (tertiary/aromatic N) is 2. The minimum Gasteiger partial charge on any atom is -0.497 e. The predicted molar refractivity (Wildman–Crippen MR) is 135 cm³/mol. The second-order valence-corrected chi connectivity index (χ2v) is 7.17. The van der Waals surface area contributed by atoms with E-state index in [-0.39, 0.29) is 24.0 Å². The Morgan fingerprint density at radius 1 is 1.00 bits per heavy atom. The minimum atomic E-state index is 0. The van der Waals surface area contributed by atoms with Gasteiger partial charge in [0.15, 0.2) is 5.96 Å². The molecule has 31 heavy (non-hydrogen) atoms. The molecule has 170 valence electrons. The molecular formula is C23H33IN4O3. The van der Waals surface area contributed by atoms with Crippen molar-refractivity contribution >= 4 is 29.9 Å². The van der Waals surface area contributed by atoms with E-state index in [0.717, 1.165) is 55.9 Å². The Bertz CT molecular complexity index is 841. The highest BCUT2D eigenvalue weighted by atomic mass is 127. The van der Waals surface area contributed by atoms with Gasteiger partial charge in [0.1, 0.15) is 11.5 Å². The molecule has 0 amide bonds. The fourth-order valence-electron chi connectivity index (χ4n) is 3.44. The number of ether oxygens (including phenoxy) is 3. The van der Waals surface area contributed by atoms with Gasteiger partial charge in [-0.3, -0.25) is 9.89 Å². The van der Waals surface area contributed by atoms with Gasteiger partial charge < -0.3 is 24.8 Å². The van der Waals surface area contributed by atoms with E-state index in [1.165, 1.54) is 11.1 Å². The summed E-state index contributed by atoms with van der Waals surface area (Å²) < 4.78 is 16.2. The summed E-state index contributed by atoms with van der Waals surface area (Å²) in [5.74, 6) is 2.30. The van der Waals surface area contributed by atoms with Gasteiger partial charge in [0.25, 0.3) is 0 Å². The Labute approximate surface area is 202 Å². The normalized spacial score (nSPS) is 14.5. The first-order valence-electron chi connectivity index (χ1n) is 10.2. The molecule has 0 aromatic heterocycles. The highest BCUT2D eigenvalue weighted by molar-refractivity contribution is 14.0. The lowest BCUT2D eigenvalue weighted by atomic mass is 10.1. The van der Waals surface area contributed by atoms with Gasteiger partial charge in [-0.25, -0.2) is 0 Å². The quantitative estimate of drug-likeness (QED) is 0.305. The molecule has 1 fully saturated rings. The lowest BCUT2D eigenvalue weighted by Gasteiger charge is -2.26. The second-order valence-electron chi connectivity index (χ2n) is 7.17. The smallest absolute Gasteiger partial charge is 0.191 e. The molecule has 0 aliphatic carbocycles. The van der Waals surface area contributed by atoms with Crippen molar-refractivity contribution in [2.75, 3.05) is 47.6 Å². The molecule has 3 rings (SSSR count). The minimum absolute atomic E-state index is 0. The van der Waals surface area contributed by atoms with E-state index in [2.05, 4.69) is 44.8 Å². The van der Waals surface area contributed by atoms with Crippen molar-refractivity contribution in [3.63, 3.8) is 0 Å². The van der Waals surface area contributed by atoms with Crippen LogP contribution in [0.3, 0.4) is 0 Å². The standard InChI is InChI=1S/C23H32N4O3.HI/c1-24-23(26-16-20-7-8-21(28-2)14-22(20)29-3)25-15-18-5-4-6-19(13-18)17-27-9-11-30-12-10-27;/h4-8,13-14H,9-12,15-17H2,1-3H3,(H2,24,25,26);1H. The van der Waals surface area contributed by atoms with Crippen LogP contribution in [-0.4, -0.2) is 58.4 Å². The summed E-state index contributed by atoms with van der Waals surface area (Å²) >= 11 is 0. The average Bonchev–Trinajstić information content (AvgIpc) is 2.80. The molecule has 1 aliphatic heterocycles. The molecular weight excluding hydrogens is 507 g/mol. The molecule has 0 radical (unpaired) electrons. The summed E-state index contributed by atoms with van der Waals surface area (Å²) in [7, 11) is 5.08. The molecule has 7 nitrogen and oxygen atoms in total. The summed E-state index contributed by atoms with van der Waals surface area (Å²) in [6.45, 7) is 5.90. The number of morpholine rings is 1. The Morgan fingerprint density at radius 3 is 2.45 bits per heavy atom. The number of nitrogens with one attached hydrogen (secondary N) is 2. The summed E-state index contributed by atoms with van der Waals surface area (Å²) in [4.78, 5) is 6.76. The van der Waals surface area contributed by atoms with Gasteiger partial charge in [-0.1, -0.05) is 24.3 Å². The monoisotopic (exact) mass is 540 g/mol. The Hall–Kier alpha value is -2.04. The number of guanidine groups is 1. The maximum Gasteiger partial charge on any atom is 0.191 e. The number of rotatable bonds is 8. The lowest BCUT2D eigenvalue weighted by Crippen LogP contribution is -2.36. The molecule has 1 aliphatic rings. The first-order chi connectivity index (χ1) is 14.7. The predicted octanol–water partition coefficient (Wildman–Crippen LogP) is 3.02. The zero-order valence-corrected chi connectivity index (χ0v) is 20.8. The maximum atomic E-state index is 5.47. The van der Waals surface area contributed by atoms with E-state index in [4.69, 9.17) is 14.2 Å². The molecule has 2 aromatic rings. The molecule has 0 saturated carbocycles. The first kappa shape index (κ1) is 25.2. The van der Waals surface area contributed by atoms with Crippen molar-refractivity contribution in [3.05, 3.63) is 59.2 Å². The van der Waals surface area contributed by atoms with Crippen LogP contribution in [0.25, 0.3) is 0 Å². The average molecular weight is 540 g/mol. The van der Waals surface area contributed by atoms with E-state index in [9.17, 15) is 0 Å². The largest absolute Gasteiger partial charge is 0.497 e. The highest BCUT2D eigenvalue weighted by Gasteiger charge is 2.11. The fourth-order valence-corrected chi connectivity index (χ4v) is 3.44. The third-order valence-electron chi connectivity index (χ3n) is 5.13. The van der Waals surface area contributed by atoms with Crippen molar-refractivity contribution < 1.29 is 14.2 Å². The van der Waals surface area contributed by atoms with Gasteiger partial charge >= 0.3 is 0 Å². The van der Waals surface area contributed by atoms with E-state index < -0.39 is 0 Å². The van der Waals surface area contributed by atoms with Crippen LogP contribution < -0.4 is 20.1 Å². The Balaban J connectivity index is 0.00000341. The fraction of sp³-hybridized carbons (Fsp3) is 0.435. The van der Waals surface area contributed by atoms with Gasteiger partial charge in [-0.2, -0.15) is 0 Å². The van der Waals surface area contributed by atoms with Gasteiger partial charge in [0.05, 0.1) is 27.4 Å². The van der Waals surface area contributed by atoms with Crippen molar-refractivity contribution in [1.29, 1.82) is 0 Å². The molecule has 1 saturated heterocycles. The molecule has 2 aromatic carbocycles. The number of methoxy groups -OCH3 is 2. The van der Waals surface area contributed by atoms with Crippen LogP contribution >= 0.6 is 24.0 Å². The molecule has 8 heteroatoms. The lowest BCUT2D eigenvalue weighted by molar-refractivity contribution is 0.0342. The van der Waals surface area contributed by atoms with Crippen LogP contribution in [-0.2, 0) is 24.4 Å². The third-order valence-corrected chi connectivity index (χ3v) is 5.13. The zero-order chi connectivity index (χ0) is 21.2. The number of halogens is 1. The summed E-state index contributed by atoms with van der Waals surface area (Å²) in [6, 6.07) is 14.5. The Kier molecular flexibility index (Phi) is 10.9. The molecule has 0 spiro atoms. The van der Waals surface area contributed by atoms with Crippen LogP contribution in [0.1, 0.15) is 16.7 Å². The number of hydrogen-bond acceptors (Lipinski definition) is 5. The van der Waals surface area contributed by atoms with Crippen LogP contribution in [0, 0.1) is 0 Å². The van der Waals surface area contributed by atoms with E-state index in [1.54, 1.807) is 21.3 Å². The molecule has 0 unspecified atom stereocenters. The van der Waals surface area contributed by atoms with Gasteiger partial charge in [0.2, 0.25) is 0 Å². The molecule has 1 heterocycles. The van der Waals surface area contributed by atoms with Gasteiger partial charge in [0, 0.05) is 51.4 Å². The summed E-state index contributed by atoms with van der Waals surface area (Å²) in [6.07, 6.45) is 0. The van der Waals surface area contributed by atoms with Gasteiger partial charge in [-0.15, -0.1) is 24.0 Å². The van der Waals surface area contributed by atoms with Crippen molar-refractivity contribution in [2.45, 2.75) is 19.6 Å². The highest BCUT2D eigenvalue weighted by Crippen LogP contribution is 2.24. The second kappa shape index (κ2) is 13.4. The first-order valence-corrected chi connectivity index (χ1v) is 10.2.